The van der Waals surface area contributed by atoms with E-state index < -0.39 is 5.97 Å². The van der Waals surface area contributed by atoms with Gasteiger partial charge in [-0.3, -0.25) is 0 Å². The molecule has 0 aliphatic rings. The summed E-state index contributed by atoms with van der Waals surface area (Å²) in [5, 5.41) is 13.1. The zero-order valence-electron chi connectivity index (χ0n) is 12.8. The minimum absolute atomic E-state index is 0.0602. The Morgan fingerprint density at radius 1 is 1.18 bits per heavy atom. The Morgan fingerprint density at radius 2 is 1.91 bits per heavy atom. The fourth-order valence-electron chi connectivity index (χ4n) is 2.35. The van der Waals surface area contributed by atoms with E-state index in [4.69, 9.17) is 16.7 Å². The fraction of sp³-hybridized carbons (Fsp3) is 0.278. The van der Waals surface area contributed by atoms with Crippen LogP contribution in [-0.4, -0.2) is 17.6 Å². The van der Waals surface area contributed by atoms with Crippen LogP contribution in [0.4, 0.5) is 0 Å². The first-order valence-corrected chi connectivity index (χ1v) is 7.55. The second-order valence-corrected chi connectivity index (χ2v) is 6.44. The second kappa shape index (κ2) is 6.95. The normalized spacial score (nSPS) is 11.4. The van der Waals surface area contributed by atoms with Crippen LogP contribution in [0.2, 0.25) is 5.02 Å². The summed E-state index contributed by atoms with van der Waals surface area (Å²) >= 11 is 6.05. The van der Waals surface area contributed by atoms with Crippen molar-refractivity contribution in [2.24, 2.45) is 0 Å². The topological polar surface area (TPSA) is 49.3 Å². The summed E-state index contributed by atoms with van der Waals surface area (Å²) in [6, 6.07) is 14.9. The van der Waals surface area contributed by atoms with E-state index in [1.807, 2.05) is 24.3 Å². The van der Waals surface area contributed by atoms with E-state index in [0.29, 0.717) is 12.1 Å². The molecule has 4 heteroatoms. The highest BCUT2D eigenvalue weighted by Crippen LogP contribution is 2.25. The second-order valence-electron chi connectivity index (χ2n) is 6.00. The van der Waals surface area contributed by atoms with Crippen LogP contribution in [0.3, 0.4) is 0 Å². The third kappa shape index (κ3) is 4.33. The quantitative estimate of drug-likeness (QED) is 0.843. The van der Waals surface area contributed by atoms with Gasteiger partial charge in [-0.25, -0.2) is 4.79 Å². The molecule has 0 aromatic heterocycles. The molecule has 0 saturated heterocycles. The molecule has 0 aliphatic carbocycles. The molecule has 0 radical (unpaired) electrons. The van der Waals surface area contributed by atoms with Crippen molar-refractivity contribution in [3.05, 3.63) is 70.2 Å². The van der Waals surface area contributed by atoms with Crippen LogP contribution in [-0.2, 0) is 12.0 Å². The summed E-state index contributed by atoms with van der Waals surface area (Å²) in [4.78, 5) is 11.0. The number of carboxylic acids is 1. The number of benzene rings is 2. The predicted octanol–water partition coefficient (Wildman–Crippen LogP) is 4.11. The number of rotatable bonds is 6. The van der Waals surface area contributed by atoms with Crippen molar-refractivity contribution in [2.75, 3.05) is 6.54 Å². The van der Waals surface area contributed by atoms with E-state index in [1.165, 1.54) is 5.56 Å². The van der Waals surface area contributed by atoms with E-state index in [1.54, 1.807) is 18.2 Å². The van der Waals surface area contributed by atoms with Crippen molar-refractivity contribution in [2.45, 2.75) is 25.8 Å². The van der Waals surface area contributed by atoms with Gasteiger partial charge in [-0.05, 0) is 35.4 Å². The van der Waals surface area contributed by atoms with Gasteiger partial charge in [-0.15, -0.1) is 0 Å². The van der Waals surface area contributed by atoms with Gasteiger partial charge in [0, 0.05) is 23.5 Å². The number of carbonyl (C=O) groups is 1. The molecule has 2 aromatic carbocycles. The summed E-state index contributed by atoms with van der Waals surface area (Å²) < 4.78 is 0. The van der Waals surface area contributed by atoms with Crippen LogP contribution in [0.15, 0.2) is 48.5 Å². The van der Waals surface area contributed by atoms with Crippen molar-refractivity contribution in [3.63, 3.8) is 0 Å². The van der Waals surface area contributed by atoms with Gasteiger partial charge in [0.15, 0.2) is 0 Å². The molecule has 0 saturated carbocycles. The average Bonchev–Trinajstić information content (AvgIpc) is 2.47. The maximum Gasteiger partial charge on any atom is 0.335 e. The van der Waals surface area contributed by atoms with E-state index in [9.17, 15) is 4.79 Å². The lowest BCUT2D eigenvalue weighted by Crippen LogP contribution is -2.32. The number of aromatic carboxylic acids is 1. The molecular weight excluding hydrogens is 298 g/mol. The molecule has 0 unspecified atom stereocenters. The van der Waals surface area contributed by atoms with Crippen LogP contribution in [0, 0.1) is 0 Å². The number of halogens is 1. The van der Waals surface area contributed by atoms with Gasteiger partial charge in [0.1, 0.15) is 0 Å². The molecule has 0 bridgehead atoms. The highest BCUT2D eigenvalue weighted by molar-refractivity contribution is 6.30. The van der Waals surface area contributed by atoms with E-state index in [-0.39, 0.29) is 5.41 Å². The largest absolute Gasteiger partial charge is 0.478 e. The Balaban J connectivity index is 1.98. The maximum atomic E-state index is 11.0. The van der Waals surface area contributed by atoms with E-state index in [0.717, 1.165) is 17.1 Å². The molecular formula is C18H20ClNO2. The minimum atomic E-state index is -0.902. The van der Waals surface area contributed by atoms with Crippen molar-refractivity contribution >= 4 is 17.6 Å². The molecule has 2 aromatic rings. The SMILES string of the molecule is CC(C)(CNCc1cccc(C(=O)O)c1)c1cccc(Cl)c1. The molecule has 3 nitrogen and oxygen atoms in total. The van der Waals surface area contributed by atoms with Crippen LogP contribution in [0.5, 0.6) is 0 Å². The molecule has 0 fully saturated rings. The van der Waals surface area contributed by atoms with Gasteiger partial charge in [-0.1, -0.05) is 49.7 Å². The van der Waals surface area contributed by atoms with Crippen molar-refractivity contribution in [1.82, 2.24) is 5.32 Å². The number of nitrogens with one attached hydrogen (secondary N) is 1. The van der Waals surface area contributed by atoms with E-state index in [2.05, 4.69) is 25.2 Å². The molecule has 22 heavy (non-hydrogen) atoms. The van der Waals surface area contributed by atoms with E-state index >= 15 is 0 Å². The van der Waals surface area contributed by atoms with Crippen LogP contribution < -0.4 is 5.32 Å². The summed E-state index contributed by atoms with van der Waals surface area (Å²) in [6.07, 6.45) is 0. The molecule has 0 spiro atoms. The molecule has 2 rings (SSSR count). The van der Waals surface area contributed by atoms with Gasteiger partial charge >= 0.3 is 5.97 Å². The summed E-state index contributed by atoms with van der Waals surface area (Å²) in [5.74, 6) is -0.902. The summed E-state index contributed by atoms with van der Waals surface area (Å²) in [7, 11) is 0. The molecule has 0 atom stereocenters. The van der Waals surface area contributed by atoms with Crippen molar-refractivity contribution in [1.29, 1.82) is 0 Å². The van der Waals surface area contributed by atoms with Gasteiger partial charge < -0.3 is 10.4 Å². The van der Waals surface area contributed by atoms with Crippen molar-refractivity contribution in [3.8, 4) is 0 Å². The highest BCUT2D eigenvalue weighted by atomic mass is 35.5. The highest BCUT2D eigenvalue weighted by Gasteiger charge is 2.20. The van der Waals surface area contributed by atoms with Crippen LogP contribution in [0.25, 0.3) is 0 Å². The first-order chi connectivity index (χ1) is 10.4. The molecule has 0 aliphatic heterocycles. The summed E-state index contributed by atoms with van der Waals surface area (Å²) in [5.41, 5.74) is 2.39. The predicted molar refractivity (Wildman–Crippen MR) is 89.6 cm³/mol. The Labute approximate surface area is 135 Å². The Hall–Kier alpha value is -1.84. The Bertz CT molecular complexity index is 668. The van der Waals surface area contributed by atoms with Gasteiger partial charge in [0.25, 0.3) is 0 Å². The van der Waals surface area contributed by atoms with Crippen molar-refractivity contribution < 1.29 is 9.90 Å². The third-order valence-corrected chi connectivity index (χ3v) is 3.91. The zero-order chi connectivity index (χ0) is 16.2. The molecule has 0 heterocycles. The maximum absolute atomic E-state index is 11.0. The van der Waals surface area contributed by atoms with Gasteiger partial charge in [0.05, 0.1) is 5.56 Å². The standard InChI is InChI=1S/C18H20ClNO2/c1-18(2,15-7-4-8-16(19)10-15)12-20-11-13-5-3-6-14(9-13)17(21)22/h3-10,20H,11-12H2,1-2H3,(H,21,22). The number of hydrogen-bond acceptors (Lipinski definition) is 2. The minimum Gasteiger partial charge on any atom is -0.478 e. The summed E-state index contributed by atoms with van der Waals surface area (Å²) in [6.45, 7) is 5.70. The Morgan fingerprint density at radius 3 is 2.59 bits per heavy atom. The number of hydrogen-bond donors (Lipinski definition) is 2. The number of carboxylic acid groups (broad SMARTS) is 1. The lowest BCUT2D eigenvalue weighted by molar-refractivity contribution is 0.0696. The Kier molecular flexibility index (Phi) is 5.22. The molecule has 2 N–H and O–H groups in total. The lowest BCUT2D eigenvalue weighted by atomic mass is 9.84. The zero-order valence-corrected chi connectivity index (χ0v) is 13.5. The van der Waals surface area contributed by atoms with Gasteiger partial charge in [0.2, 0.25) is 0 Å². The fourth-order valence-corrected chi connectivity index (χ4v) is 2.54. The molecule has 0 amide bonds. The van der Waals surface area contributed by atoms with Crippen LogP contribution >= 0.6 is 11.6 Å². The third-order valence-electron chi connectivity index (χ3n) is 3.68. The monoisotopic (exact) mass is 317 g/mol. The van der Waals surface area contributed by atoms with Gasteiger partial charge in [-0.2, -0.15) is 0 Å². The smallest absolute Gasteiger partial charge is 0.335 e. The lowest BCUT2D eigenvalue weighted by Gasteiger charge is -2.26. The first kappa shape index (κ1) is 16.5. The molecule has 116 valence electrons. The first-order valence-electron chi connectivity index (χ1n) is 7.17. The van der Waals surface area contributed by atoms with Crippen LogP contribution in [0.1, 0.15) is 35.3 Å². The average molecular weight is 318 g/mol.